The van der Waals surface area contributed by atoms with Crippen molar-refractivity contribution in [2.45, 2.75) is 30.4 Å². The van der Waals surface area contributed by atoms with Gasteiger partial charge in [-0.25, -0.2) is 0 Å². The molecule has 7 heteroatoms. The summed E-state index contributed by atoms with van der Waals surface area (Å²) in [5.74, 6) is 1.24. The lowest BCUT2D eigenvalue weighted by atomic mass is 10.2. The Balaban J connectivity index is 1.50. The molecule has 0 spiro atoms. The minimum atomic E-state index is -0.322. The maximum atomic E-state index is 12.6. The Labute approximate surface area is 179 Å². The van der Waals surface area contributed by atoms with Crippen LogP contribution in [0.15, 0.2) is 88.6 Å². The van der Waals surface area contributed by atoms with Crippen molar-refractivity contribution in [3.8, 4) is 11.6 Å². The lowest BCUT2D eigenvalue weighted by Gasteiger charge is -2.13. The van der Waals surface area contributed by atoms with Crippen molar-refractivity contribution in [2.24, 2.45) is 0 Å². The molecular formula is C23H22N4O2S. The molecule has 0 bridgehead atoms. The van der Waals surface area contributed by atoms with Gasteiger partial charge in [0.1, 0.15) is 0 Å². The molecule has 4 rings (SSSR count). The zero-order valence-electron chi connectivity index (χ0n) is 16.6. The second-order valence-corrected chi connectivity index (χ2v) is 8.13. The summed E-state index contributed by atoms with van der Waals surface area (Å²) in [4.78, 5) is 12.6. The van der Waals surface area contributed by atoms with Crippen molar-refractivity contribution in [1.82, 2.24) is 20.1 Å². The van der Waals surface area contributed by atoms with Crippen molar-refractivity contribution in [2.75, 3.05) is 0 Å². The highest BCUT2D eigenvalue weighted by atomic mass is 32.2. The molecule has 1 amide bonds. The molecule has 2 heterocycles. The van der Waals surface area contributed by atoms with E-state index in [4.69, 9.17) is 4.42 Å². The van der Waals surface area contributed by atoms with Gasteiger partial charge in [-0.05, 0) is 30.2 Å². The number of hydrogen-bond donors (Lipinski definition) is 1. The fraction of sp³-hybridized carbons (Fsp3) is 0.174. The smallest absolute Gasteiger partial charge is 0.233 e. The molecule has 4 aromatic rings. The van der Waals surface area contributed by atoms with Crippen LogP contribution >= 0.6 is 11.8 Å². The predicted octanol–water partition coefficient (Wildman–Crippen LogP) is 4.38. The summed E-state index contributed by atoms with van der Waals surface area (Å²) >= 11 is 1.39. The van der Waals surface area contributed by atoms with Crippen LogP contribution in [-0.4, -0.2) is 25.9 Å². The Kier molecular flexibility index (Phi) is 6.29. The van der Waals surface area contributed by atoms with Crippen LogP contribution in [0.1, 0.15) is 18.1 Å². The molecule has 0 fully saturated rings. The zero-order chi connectivity index (χ0) is 20.8. The zero-order valence-corrected chi connectivity index (χ0v) is 17.4. The van der Waals surface area contributed by atoms with Crippen LogP contribution in [0.3, 0.4) is 0 Å². The quantitative estimate of drug-likeness (QED) is 0.430. The van der Waals surface area contributed by atoms with E-state index in [2.05, 4.69) is 27.6 Å². The number of nitrogens with one attached hydrogen (secondary N) is 1. The van der Waals surface area contributed by atoms with Crippen LogP contribution in [0.4, 0.5) is 0 Å². The Morgan fingerprint density at radius 3 is 2.37 bits per heavy atom. The first-order valence-electron chi connectivity index (χ1n) is 9.70. The molecule has 2 aromatic heterocycles. The summed E-state index contributed by atoms with van der Waals surface area (Å²) in [6.45, 7) is 2.96. The molecule has 1 unspecified atom stereocenters. The number of rotatable bonds is 8. The third kappa shape index (κ3) is 4.80. The van der Waals surface area contributed by atoms with Crippen LogP contribution < -0.4 is 5.32 Å². The van der Waals surface area contributed by atoms with E-state index in [1.165, 1.54) is 11.8 Å². The number of aromatic nitrogens is 3. The number of carbonyl (C=O) groups is 1. The topological polar surface area (TPSA) is 73.0 Å². The van der Waals surface area contributed by atoms with E-state index < -0.39 is 0 Å². The molecular weight excluding hydrogens is 396 g/mol. The maximum absolute atomic E-state index is 12.6. The van der Waals surface area contributed by atoms with Crippen LogP contribution in [0.25, 0.3) is 11.6 Å². The van der Waals surface area contributed by atoms with Gasteiger partial charge in [0.25, 0.3) is 0 Å². The minimum Gasteiger partial charge on any atom is -0.461 e. The lowest BCUT2D eigenvalue weighted by Crippen LogP contribution is -2.30. The Morgan fingerprint density at radius 2 is 1.70 bits per heavy atom. The molecule has 0 saturated heterocycles. The van der Waals surface area contributed by atoms with E-state index in [1.807, 2.05) is 72.2 Å². The number of furan rings is 1. The maximum Gasteiger partial charge on any atom is 0.233 e. The number of amides is 1. The third-order valence-corrected chi connectivity index (χ3v) is 5.68. The van der Waals surface area contributed by atoms with Gasteiger partial charge in [-0.15, -0.1) is 10.2 Å². The molecule has 1 atom stereocenters. The van der Waals surface area contributed by atoms with E-state index in [0.29, 0.717) is 29.8 Å². The highest BCUT2D eigenvalue weighted by molar-refractivity contribution is 8.00. The number of benzene rings is 2. The predicted molar refractivity (Wildman–Crippen MR) is 117 cm³/mol. The first-order chi connectivity index (χ1) is 14.7. The summed E-state index contributed by atoms with van der Waals surface area (Å²) in [6, 6.07) is 23.6. The summed E-state index contributed by atoms with van der Waals surface area (Å²) in [6.07, 6.45) is 1.61. The molecule has 0 radical (unpaired) electrons. The standard InChI is InChI=1S/C23H22N4O2S/c1-17(22(28)24-15-18-9-4-2-5-10-18)30-23-26-25-21(20-13-8-14-29-20)27(23)16-19-11-6-3-7-12-19/h2-14,17H,15-16H2,1H3,(H,24,28). The molecule has 0 aliphatic rings. The first-order valence-corrected chi connectivity index (χ1v) is 10.6. The second-order valence-electron chi connectivity index (χ2n) is 6.82. The second kappa shape index (κ2) is 9.45. The fourth-order valence-electron chi connectivity index (χ4n) is 3.01. The van der Waals surface area contributed by atoms with Gasteiger partial charge >= 0.3 is 0 Å². The van der Waals surface area contributed by atoms with Gasteiger partial charge in [0.05, 0.1) is 18.1 Å². The minimum absolute atomic E-state index is 0.0438. The molecule has 1 N–H and O–H groups in total. The summed E-state index contributed by atoms with van der Waals surface area (Å²) in [5, 5.41) is 12.0. The van der Waals surface area contributed by atoms with Crippen LogP contribution in [-0.2, 0) is 17.9 Å². The van der Waals surface area contributed by atoms with E-state index in [9.17, 15) is 4.79 Å². The van der Waals surface area contributed by atoms with Gasteiger partial charge in [-0.3, -0.25) is 9.36 Å². The van der Waals surface area contributed by atoms with E-state index in [1.54, 1.807) is 6.26 Å². The average molecular weight is 419 g/mol. The number of thioether (sulfide) groups is 1. The van der Waals surface area contributed by atoms with E-state index >= 15 is 0 Å². The largest absolute Gasteiger partial charge is 0.461 e. The third-order valence-electron chi connectivity index (χ3n) is 4.60. The summed E-state index contributed by atoms with van der Waals surface area (Å²) in [5.41, 5.74) is 2.18. The van der Waals surface area contributed by atoms with Crippen molar-refractivity contribution < 1.29 is 9.21 Å². The van der Waals surface area contributed by atoms with Crippen LogP contribution in [0.5, 0.6) is 0 Å². The van der Waals surface area contributed by atoms with Gasteiger partial charge in [0, 0.05) is 6.54 Å². The molecule has 0 aliphatic carbocycles. The van der Waals surface area contributed by atoms with Gasteiger partial charge in [0.2, 0.25) is 11.7 Å². The van der Waals surface area contributed by atoms with Gasteiger partial charge in [-0.1, -0.05) is 72.4 Å². The molecule has 30 heavy (non-hydrogen) atoms. The van der Waals surface area contributed by atoms with Crippen molar-refractivity contribution in [1.29, 1.82) is 0 Å². The van der Waals surface area contributed by atoms with Crippen molar-refractivity contribution in [3.63, 3.8) is 0 Å². The number of carbonyl (C=O) groups excluding carboxylic acids is 1. The van der Waals surface area contributed by atoms with Crippen molar-refractivity contribution in [3.05, 3.63) is 90.2 Å². The van der Waals surface area contributed by atoms with Gasteiger partial charge < -0.3 is 9.73 Å². The van der Waals surface area contributed by atoms with Crippen LogP contribution in [0.2, 0.25) is 0 Å². The van der Waals surface area contributed by atoms with Crippen LogP contribution in [0, 0.1) is 0 Å². The SMILES string of the molecule is CC(Sc1nnc(-c2ccco2)n1Cc1ccccc1)C(=O)NCc1ccccc1. The Bertz CT molecular complexity index is 1080. The van der Waals surface area contributed by atoms with E-state index in [-0.39, 0.29) is 11.2 Å². The van der Waals surface area contributed by atoms with Gasteiger partial charge in [-0.2, -0.15) is 0 Å². The lowest BCUT2D eigenvalue weighted by molar-refractivity contribution is -0.120. The number of nitrogens with zero attached hydrogens (tertiary/aromatic N) is 3. The summed E-state index contributed by atoms with van der Waals surface area (Å²) < 4.78 is 7.53. The van der Waals surface area contributed by atoms with E-state index in [0.717, 1.165) is 11.1 Å². The Morgan fingerprint density at radius 1 is 1.00 bits per heavy atom. The molecule has 0 saturated carbocycles. The monoisotopic (exact) mass is 418 g/mol. The molecule has 6 nitrogen and oxygen atoms in total. The summed E-state index contributed by atoms with van der Waals surface area (Å²) in [7, 11) is 0. The molecule has 152 valence electrons. The normalized spacial score (nSPS) is 11.9. The first kappa shape index (κ1) is 20.0. The molecule has 0 aliphatic heterocycles. The highest BCUT2D eigenvalue weighted by Gasteiger charge is 2.22. The molecule has 2 aromatic carbocycles. The van der Waals surface area contributed by atoms with Gasteiger partial charge in [0.15, 0.2) is 10.9 Å². The Hall–Kier alpha value is -3.32. The average Bonchev–Trinajstić information content (AvgIpc) is 3.44. The fourth-order valence-corrected chi connectivity index (χ4v) is 3.89. The van der Waals surface area contributed by atoms with Crippen molar-refractivity contribution >= 4 is 17.7 Å². The number of hydrogen-bond acceptors (Lipinski definition) is 5. The highest BCUT2D eigenvalue weighted by Crippen LogP contribution is 2.28.